The lowest BCUT2D eigenvalue weighted by Crippen LogP contribution is -2.47. The number of nitrogens with one attached hydrogen (secondary N) is 1. The Balaban J connectivity index is 1.73. The molecular formula is C16H31N3O. The number of likely N-dealkylation sites (tertiary alicyclic amines) is 2. The first-order valence-corrected chi connectivity index (χ1v) is 8.32. The van der Waals surface area contributed by atoms with E-state index in [1.165, 1.54) is 32.4 Å². The van der Waals surface area contributed by atoms with Crippen LogP contribution >= 0.6 is 0 Å². The lowest BCUT2D eigenvalue weighted by molar-refractivity contribution is -0.129. The maximum absolute atomic E-state index is 11.3. The molecule has 2 saturated heterocycles. The van der Waals surface area contributed by atoms with Crippen molar-refractivity contribution in [1.29, 1.82) is 0 Å². The summed E-state index contributed by atoms with van der Waals surface area (Å²) >= 11 is 0. The standard InChI is InChI=1S/C16H31N3O/c1-13(2)18-9-4-5-15(6-10-18)17-16-7-11-19(12-8-16)14(3)20/h13,15-17H,4-12H2,1-3H3. The van der Waals surface area contributed by atoms with E-state index in [1.807, 2.05) is 4.90 Å². The van der Waals surface area contributed by atoms with Gasteiger partial charge in [-0.25, -0.2) is 0 Å². The van der Waals surface area contributed by atoms with Gasteiger partial charge in [-0.15, -0.1) is 0 Å². The largest absolute Gasteiger partial charge is 0.343 e. The Labute approximate surface area is 123 Å². The molecule has 2 fully saturated rings. The molecule has 20 heavy (non-hydrogen) atoms. The van der Waals surface area contributed by atoms with E-state index in [4.69, 9.17) is 0 Å². The Hall–Kier alpha value is -0.610. The molecule has 1 N–H and O–H groups in total. The van der Waals surface area contributed by atoms with Crippen molar-refractivity contribution < 1.29 is 4.79 Å². The van der Waals surface area contributed by atoms with Gasteiger partial charge in [-0.2, -0.15) is 0 Å². The number of rotatable bonds is 3. The first-order chi connectivity index (χ1) is 9.56. The number of carbonyl (C=O) groups is 1. The van der Waals surface area contributed by atoms with Crippen molar-refractivity contribution in [3.05, 3.63) is 0 Å². The smallest absolute Gasteiger partial charge is 0.219 e. The van der Waals surface area contributed by atoms with Gasteiger partial charge in [-0.3, -0.25) is 4.79 Å². The van der Waals surface area contributed by atoms with Crippen LogP contribution < -0.4 is 5.32 Å². The highest BCUT2D eigenvalue weighted by atomic mass is 16.2. The van der Waals surface area contributed by atoms with Gasteiger partial charge < -0.3 is 15.1 Å². The molecule has 0 aliphatic carbocycles. The molecule has 2 heterocycles. The molecule has 0 saturated carbocycles. The van der Waals surface area contributed by atoms with E-state index in [-0.39, 0.29) is 5.91 Å². The molecule has 116 valence electrons. The van der Waals surface area contributed by atoms with E-state index in [1.54, 1.807) is 6.92 Å². The Kier molecular flexibility index (Phi) is 5.85. The number of nitrogens with zero attached hydrogens (tertiary/aromatic N) is 2. The topological polar surface area (TPSA) is 35.6 Å². The third-order valence-corrected chi connectivity index (χ3v) is 4.90. The Bertz CT molecular complexity index is 311. The molecule has 0 aromatic heterocycles. The Morgan fingerprint density at radius 1 is 1.00 bits per heavy atom. The van der Waals surface area contributed by atoms with E-state index in [9.17, 15) is 4.79 Å². The van der Waals surface area contributed by atoms with Crippen LogP contribution in [0.25, 0.3) is 0 Å². The van der Waals surface area contributed by atoms with Crippen LogP contribution in [0.15, 0.2) is 0 Å². The maximum Gasteiger partial charge on any atom is 0.219 e. The summed E-state index contributed by atoms with van der Waals surface area (Å²) in [4.78, 5) is 15.9. The minimum absolute atomic E-state index is 0.227. The zero-order valence-corrected chi connectivity index (χ0v) is 13.4. The summed E-state index contributed by atoms with van der Waals surface area (Å²) in [6.07, 6.45) is 6.11. The van der Waals surface area contributed by atoms with Gasteiger partial charge in [0.2, 0.25) is 5.91 Å². The molecule has 4 nitrogen and oxygen atoms in total. The van der Waals surface area contributed by atoms with Crippen molar-refractivity contribution in [1.82, 2.24) is 15.1 Å². The van der Waals surface area contributed by atoms with E-state index in [0.717, 1.165) is 25.9 Å². The van der Waals surface area contributed by atoms with Gasteiger partial charge in [0.15, 0.2) is 0 Å². The second-order valence-electron chi connectivity index (χ2n) is 6.70. The van der Waals surface area contributed by atoms with Crippen LogP contribution in [-0.2, 0) is 4.79 Å². The van der Waals surface area contributed by atoms with Gasteiger partial charge in [0.25, 0.3) is 0 Å². The van der Waals surface area contributed by atoms with Crippen molar-refractivity contribution in [2.75, 3.05) is 26.2 Å². The Morgan fingerprint density at radius 2 is 1.60 bits per heavy atom. The molecule has 1 unspecified atom stereocenters. The zero-order valence-electron chi connectivity index (χ0n) is 13.4. The number of hydrogen-bond acceptors (Lipinski definition) is 3. The fraction of sp³-hybridized carbons (Fsp3) is 0.938. The molecule has 0 bridgehead atoms. The van der Waals surface area contributed by atoms with Gasteiger partial charge in [0, 0.05) is 38.1 Å². The second kappa shape index (κ2) is 7.41. The molecule has 4 heteroatoms. The van der Waals surface area contributed by atoms with Crippen LogP contribution in [-0.4, -0.2) is 60.0 Å². The van der Waals surface area contributed by atoms with Crippen LogP contribution in [0.2, 0.25) is 0 Å². The minimum atomic E-state index is 0.227. The maximum atomic E-state index is 11.3. The van der Waals surface area contributed by atoms with Gasteiger partial charge in [0.1, 0.15) is 0 Å². The zero-order chi connectivity index (χ0) is 14.5. The van der Waals surface area contributed by atoms with Gasteiger partial charge in [-0.05, 0) is 59.0 Å². The number of hydrogen-bond donors (Lipinski definition) is 1. The van der Waals surface area contributed by atoms with Crippen LogP contribution in [0.1, 0.15) is 52.9 Å². The molecule has 2 rings (SSSR count). The van der Waals surface area contributed by atoms with Crippen molar-refractivity contribution in [2.24, 2.45) is 0 Å². The van der Waals surface area contributed by atoms with E-state index in [2.05, 4.69) is 24.1 Å². The van der Waals surface area contributed by atoms with Crippen molar-refractivity contribution >= 4 is 5.91 Å². The summed E-state index contributed by atoms with van der Waals surface area (Å²) in [6, 6.07) is 1.96. The molecular weight excluding hydrogens is 250 g/mol. The quantitative estimate of drug-likeness (QED) is 0.857. The summed E-state index contributed by atoms with van der Waals surface area (Å²) in [5, 5.41) is 3.85. The lowest BCUT2D eigenvalue weighted by Gasteiger charge is -2.34. The lowest BCUT2D eigenvalue weighted by atomic mass is 10.0. The molecule has 1 atom stereocenters. The van der Waals surface area contributed by atoms with Crippen LogP contribution in [0.5, 0.6) is 0 Å². The molecule has 0 spiro atoms. The molecule has 2 aliphatic heterocycles. The highest BCUT2D eigenvalue weighted by Gasteiger charge is 2.24. The molecule has 1 amide bonds. The summed E-state index contributed by atoms with van der Waals surface area (Å²) in [5.41, 5.74) is 0. The average Bonchev–Trinajstić information content (AvgIpc) is 2.65. The van der Waals surface area contributed by atoms with Crippen LogP contribution in [0.3, 0.4) is 0 Å². The monoisotopic (exact) mass is 281 g/mol. The fourth-order valence-corrected chi connectivity index (χ4v) is 3.50. The summed E-state index contributed by atoms with van der Waals surface area (Å²) < 4.78 is 0. The van der Waals surface area contributed by atoms with E-state index >= 15 is 0 Å². The van der Waals surface area contributed by atoms with Gasteiger partial charge in [0.05, 0.1) is 0 Å². The summed E-state index contributed by atoms with van der Waals surface area (Å²) in [5.74, 6) is 0.227. The third kappa shape index (κ3) is 4.45. The van der Waals surface area contributed by atoms with Gasteiger partial charge >= 0.3 is 0 Å². The minimum Gasteiger partial charge on any atom is -0.343 e. The SMILES string of the molecule is CC(=O)N1CCC(NC2CCCN(C(C)C)CC2)CC1. The molecule has 0 radical (unpaired) electrons. The van der Waals surface area contributed by atoms with Crippen molar-refractivity contribution in [2.45, 2.75) is 71.0 Å². The predicted octanol–water partition coefficient (Wildman–Crippen LogP) is 1.85. The third-order valence-electron chi connectivity index (χ3n) is 4.90. The summed E-state index contributed by atoms with van der Waals surface area (Å²) in [6.45, 7) is 10.6. The normalized spacial score (nSPS) is 26.8. The Morgan fingerprint density at radius 3 is 2.20 bits per heavy atom. The van der Waals surface area contributed by atoms with Crippen LogP contribution in [0.4, 0.5) is 0 Å². The number of piperidine rings is 1. The first-order valence-electron chi connectivity index (χ1n) is 8.32. The number of carbonyl (C=O) groups excluding carboxylic acids is 1. The van der Waals surface area contributed by atoms with Gasteiger partial charge in [-0.1, -0.05) is 0 Å². The average molecular weight is 281 g/mol. The molecule has 0 aromatic carbocycles. The molecule has 0 aromatic rings. The number of amides is 1. The van der Waals surface area contributed by atoms with Crippen molar-refractivity contribution in [3.8, 4) is 0 Å². The van der Waals surface area contributed by atoms with Crippen LogP contribution in [0, 0.1) is 0 Å². The van der Waals surface area contributed by atoms with Crippen molar-refractivity contribution in [3.63, 3.8) is 0 Å². The first kappa shape index (κ1) is 15.8. The van der Waals surface area contributed by atoms with E-state index < -0.39 is 0 Å². The summed E-state index contributed by atoms with van der Waals surface area (Å²) in [7, 11) is 0. The fourth-order valence-electron chi connectivity index (χ4n) is 3.50. The van der Waals surface area contributed by atoms with E-state index in [0.29, 0.717) is 18.1 Å². The second-order valence-corrected chi connectivity index (χ2v) is 6.70. The highest BCUT2D eigenvalue weighted by molar-refractivity contribution is 5.73. The molecule has 2 aliphatic rings. The predicted molar refractivity (Wildman–Crippen MR) is 82.8 cm³/mol. The highest BCUT2D eigenvalue weighted by Crippen LogP contribution is 2.17.